The number of nitrogens with zero attached hydrogens (tertiary/aromatic N) is 4. The first-order valence-corrected chi connectivity index (χ1v) is 10.5. The van der Waals surface area contributed by atoms with E-state index in [-0.39, 0.29) is 0 Å². The second-order valence-electron chi connectivity index (χ2n) is 7.79. The van der Waals surface area contributed by atoms with Crippen molar-refractivity contribution in [2.45, 2.75) is 37.8 Å². The molecule has 0 radical (unpaired) electrons. The minimum atomic E-state index is 0.376. The van der Waals surface area contributed by atoms with Gasteiger partial charge in [0, 0.05) is 17.8 Å². The standard InChI is InChI=1S/C24H25N5O/c1-25-18-9-11-19(12-10-18)29-24-22(15-26-16-27-24)23(28-29)17-7-13-21(14-8-17)30-20-5-3-2-4-6-20/h2-8,13-16,18-19,25H,9-12H2,1H3. The number of ether oxygens (including phenoxy) is 1. The normalized spacial score (nSPS) is 19.1. The first-order valence-electron chi connectivity index (χ1n) is 10.5. The summed E-state index contributed by atoms with van der Waals surface area (Å²) in [5.74, 6) is 1.63. The van der Waals surface area contributed by atoms with Gasteiger partial charge in [-0.2, -0.15) is 5.10 Å². The molecule has 0 amide bonds. The highest BCUT2D eigenvalue weighted by atomic mass is 16.5. The Morgan fingerprint density at radius 3 is 2.40 bits per heavy atom. The lowest BCUT2D eigenvalue weighted by molar-refractivity contribution is 0.289. The number of rotatable bonds is 5. The number of aromatic nitrogens is 4. The smallest absolute Gasteiger partial charge is 0.162 e. The zero-order chi connectivity index (χ0) is 20.3. The van der Waals surface area contributed by atoms with Crippen molar-refractivity contribution in [3.63, 3.8) is 0 Å². The van der Waals surface area contributed by atoms with Crippen LogP contribution in [0.3, 0.4) is 0 Å². The Labute approximate surface area is 175 Å². The number of fused-ring (bicyclic) bond motifs is 1. The zero-order valence-electron chi connectivity index (χ0n) is 17.0. The molecule has 2 aromatic carbocycles. The van der Waals surface area contributed by atoms with E-state index in [9.17, 15) is 0 Å². The molecule has 6 heteroatoms. The molecule has 0 aliphatic heterocycles. The Morgan fingerprint density at radius 2 is 1.67 bits per heavy atom. The van der Waals surface area contributed by atoms with E-state index in [4.69, 9.17) is 9.84 Å². The quantitative estimate of drug-likeness (QED) is 0.512. The highest BCUT2D eigenvalue weighted by molar-refractivity contribution is 5.90. The van der Waals surface area contributed by atoms with E-state index in [1.54, 1.807) is 6.33 Å². The van der Waals surface area contributed by atoms with Gasteiger partial charge in [-0.05, 0) is 69.1 Å². The van der Waals surface area contributed by atoms with Crippen LogP contribution in [0.15, 0.2) is 67.1 Å². The van der Waals surface area contributed by atoms with Gasteiger partial charge < -0.3 is 10.1 Å². The highest BCUT2D eigenvalue weighted by Crippen LogP contribution is 2.34. The van der Waals surface area contributed by atoms with Gasteiger partial charge in [0.25, 0.3) is 0 Å². The van der Waals surface area contributed by atoms with Gasteiger partial charge in [-0.15, -0.1) is 0 Å². The van der Waals surface area contributed by atoms with Crippen LogP contribution in [-0.2, 0) is 0 Å². The third kappa shape index (κ3) is 3.66. The second kappa shape index (κ2) is 8.24. The molecule has 0 spiro atoms. The van der Waals surface area contributed by atoms with Crippen molar-refractivity contribution < 1.29 is 4.74 Å². The fraction of sp³-hybridized carbons (Fsp3) is 0.292. The maximum absolute atomic E-state index is 5.92. The van der Waals surface area contributed by atoms with E-state index in [0.717, 1.165) is 59.5 Å². The molecule has 2 heterocycles. The minimum Gasteiger partial charge on any atom is -0.457 e. The Kier molecular flexibility index (Phi) is 5.15. The molecule has 4 aromatic rings. The van der Waals surface area contributed by atoms with Gasteiger partial charge in [0.15, 0.2) is 5.65 Å². The molecule has 2 aromatic heterocycles. The lowest BCUT2D eigenvalue weighted by Crippen LogP contribution is -2.31. The maximum atomic E-state index is 5.92. The van der Waals surface area contributed by atoms with Crippen molar-refractivity contribution >= 4 is 11.0 Å². The fourth-order valence-electron chi connectivity index (χ4n) is 4.26. The van der Waals surface area contributed by atoms with Gasteiger partial charge in [0.2, 0.25) is 0 Å². The minimum absolute atomic E-state index is 0.376. The number of benzene rings is 2. The van der Waals surface area contributed by atoms with Crippen molar-refractivity contribution in [1.29, 1.82) is 0 Å². The average molecular weight is 399 g/mol. The van der Waals surface area contributed by atoms with Crippen LogP contribution in [0.1, 0.15) is 31.7 Å². The number of para-hydroxylation sites is 1. The summed E-state index contributed by atoms with van der Waals surface area (Å²) < 4.78 is 8.04. The van der Waals surface area contributed by atoms with Crippen molar-refractivity contribution in [2.75, 3.05) is 7.05 Å². The summed E-state index contributed by atoms with van der Waals surface area (Å²) in [4.78, 5) is 8.82. The summed E-state index contributed by atoms with van der Waals surface area (Å²) in [6.45, 7) is 0. The van der Waals surface area contributed by atoms with Gasteiger partial charge in [-0.3, -0.25) is 0 Å². The van der Waals surface area contributed by atoms with E-state index in [2.05, 4.69) is 32.1 Å². The van der Waals surface area contributed by atoms with Crippen molar-refractivity contribution in [1.82, 2.24) is 25.1 Å². The van der Waals surface area contributed by atoms with Crippen LogP contribution < -0.4 is 10.1 Å². The molecular weight excluding hydrogens is 374 g/mol. The first kappa shape index (κ1) is 18.8. The predicted molar refractivity (Wildman–Crippen MR) is 118 cm³/mol. The Morgan fingerprint density at radius 1 is 0.933 bits per heavy atom. The molecule has 5 rings (SSSR count). The molecule has 1 N–H and O–H groups in total. The summed E-state index contributed by atoms with van der Waals surface area (Å²) >= 11 is 0. The van der Waals surface area contributed by atoms with E-state index in [0.29, 0.717) is 12.1 Å². The Bertz CT molecular complexity index is 1120. The van der Waals surface area contributed by atoms with E-state index < -0.39 is 0 Å². The Balaban J connectivity index is 1.44. The average Bonchev–Trinajstić information content (AvgIpc) is 3.20. The third-order valence-electron chi connectivity index (χ3n) is 5.93. The number of hydrogen-bond acceptors (Lipinski definition) is 5. The SMILES string of the molecule is CNC1CCC(n2nc(-c3ccc(Oc4ccccc4)cc3)c3cncnc32)CC1. The third-order valence-corrected chi connectivity index (χ3v) is 5.93. The summed E-state index contributed by atoms with van der Waals surface area (Å²) in [5, 5.41) is 9.39. The van der Waals surface area contributed by atoms with Crippen LogP contribution >= 0.6 is 0 Å². The van der Waals surface area contributed by atoms with Crippen molar-refractivity contribution in [3.8, 4) is 22.8 Å². The molecular formula is C24H25N5O. The molecule has 30 heavy (non-hydrogen) atoms. The summed E-state index contributed by atoms with van der Waals surface area (Å²) in [5.41, 5.74) is 2.88. The summed E-state index contributed by atoms with van der Waals surface area (Å²) in [6.07, 6.45) is 8.02. The van der Waals surface area contributed by atoms with Crippen LogP contribution in [0.5, 0.6) is 11.5 Å². The van der Waals surface area contributed by atoms with Gasteiger partial charge in [0.1, 0.15) is 23.5 Å². The lowest BCUT2D eigenvalue weighted by atomic mass is 9.91. The molecule has 1 aliphatic carbocycles. The van der Waals surface area contributed by atoms with Crippen LogP contribution in [0.4, 0.5) is 0 Å². The zero-order valence-corrected chi connectivity index (χ0v) is 17.0. The molecule has 0 unspecified atom stereocenters. The topological polar surface area (TPSA) is 64.9 Å². The van der Waals surface area contributed by atoms with Crippen LogP contribution in [0.2, 0.25) is 0 Å². The summed E-state index contributed by atoms with van der Waals surface area (Å²) in [7, 11) is 2.05. The fourth-order valence-corrected chi connectivity index (χ4v) is 4.26. The summed E-state index contributed by atoms with van der Waals surface area (Å²) in [6, 6.07) is 18.8. The van der Waals surface area contributed by atoms with Crippen molar-refractivity contribution in [2.24, 2.45) is 0 Å². The molecule has 6 nitrogen and oxygen atoms in total. The molecule has 1 fully saturated rings. The van der Waals surface area contributed by atoms with Gasteiger partial charge in [-0.25, -0.2) is 14.6 Å². The van der Waals surface area contributed by atoms with Gasteiger partial charge in [-0.1, -0.05) is 18.2 Å². The molecule has 0 bridgehead atoms. The van der Waals surface area contributed by atoms with E-state index in [1.165, 1.54) is 0 Å². The van der Waals surface area contributed by atoms with Crippen LogP contribution in [-0.4, -0.2) is 32.8 Å². The largest absolute Gasteiger partial charge is 0.457 e. The molecule has 0 saturated heterocycles. The van der Waals surface area contributed by atoms with Crippen LogP contribution in [0, 0.1) is 0 Å². The molecule has 1 saturated carbocycles. The monoisotopic (exact) mass is 399 g/mol. The maximum Gasteiger partial charge on any atom is 0.162 e. The van der Waals surface area contributed by atoms with Gasteiger partial charge in [0.05, 0.1) is 11.4 Å². The van der Waals surface area contributed by atoms with Crippen molar-refractivity contribution in [3.05, 3.63) is 67.1 Å². The van der Waals surface area contributed by atoms with Gasteiger partial charge >= 0.3 is 0 Å². The van der Waals surface area contributed by atoms with Crippen LogP contribution in [0.25, 0.3) is 22.3 Å². The van der Waals surface area contributed by atoms with E-state index >= 15 is 0 Å². The second-order valence-corrected chi connectivity index (χ2v) is 7.79. The Hall–Kier alpha value is -3.25. The number of hydrogen-bond donors (Lipinski definition) is 1. The van der Waals surface area contributed by atoms with E-state index in [1.807, 2.05) is 55.7 Å². The first-order chi connectivity index (χ1) is 14.8. The predicted octanol–water partition coefficient (Wildman–Crippen LogP) is 4.99. The molecule has 1 aliphatic rings. The highest BCUT2D eigenvalue weighted by Gasteiger charge is 2.25. The molecule has 0 atom stereocenters. The molecule has 152 valence electrons. The number of nitrogens with one attached hydrogen (secondary N) is 1. The lowest BCUT2D eigenvalue weighted by Gasteiger charge is -2.28.